The summed E-state index contributed by atoms with van der Waals surface area (Å²) in [7, 11) is 0. The number of rotatable bonds is 5. The molecule has 0 heterocycles. The maximum Gasteiger partial charge on any atom is 0.296 e. The molecule has 3 N–H and O–H groups in total. The van der Waals surface area contributed by atoms with Crippen molar-refractivity contribution in [1.82, 2.24) is 0 Å². The summed E-state index contributed by atoms with van der Waals surface area (Å²) in [4.78, 5) is 10.2. The van der Waals surface area contributed by atoms with Gasteiger partial charge in [0, 0.05) is 5.88 Å². The first kappa shape index (κ1) is 14.0. The summed E-state index contributed by atoms with van der Waals surface area (Å²) in [5, 5.41) is 31.8. The molecule has 0 aliphatic carbocycles. The molecular weight excluding hydrogens is 315 g/mol. The van der Waals surface area contributed by atoms with E-state index in [4.69, 9.17) is 16.7 Å². The van der Waals surface area contributed by atoms with Crippen molar-refractivity contribution in [2.45, 2.75) is 6.04 Å². The second-order valence-electron chi connectivity index (χ2n) is 3.26. The highest BCUT2D eigenvalue weighted by molar-refractivity contribution is 9.10. The Hall–Kier alpha value is -1.05. The smallest absolute Gasteiger partial charge is 0.296 e. The van der Waals surface area contributed by atoms with Gasteiger partial charge in [0.15, 0.2) is 0 Å². The Bertz CT molecular complexity index is 426. The SMILES string of the molecule is O=[N+]([O-])c1cc(O)c(Br)cc1NC(CO)CCl. The molecule has 1 atom stereocenters. The maximum atomic E-state index is 10.8. The lowest BCUT2D eigenvalue weighted by Gasteiger charge is -2.15. The van der Waals surface area contributed by atoms with Crippen LogP contribution in [-0.4, -0.2) is 33.7 Å². The molecule has 0 radical (unpaired) electrons. The number of nitro benzene ring substituents is 1. The Morgan fingerprint density at radius 2 is 2.24 bits per heavy atom. The molecule has 1 aromatic rings. The van der Waals surface area contributed by atoms with Crippen molar-refractivity contribution in [3.8, 4) is 5.75 Å². The number of alkyl halides is 1. The van der Waals surface area contributed by atoms with Crippen LogP contribution in [0.2, 0.25) is 0 Å². The lowest BCUT2D eigenvalue weighted by molar-refractivity contribution is -0.384. The second-order valence-corrected chi connectivity index (χ2v) is 4.42. The molecule has 8 heteroatoms. The molecule has 6 nitrogen and oxygen atoms in total. The minimum atomic E-state index is -0.628. The van der Waals surface area contributed by atoms with Gasteiger partial charge in [0.05, 0.1) is 28.1 Å². The van der Waals surface area contributed by atoms with Crippen molar-refractivity contribution in [3.05, 3.63) is 26.7 Å². The Kier molecular flexibility index (Phi) is 4.98. The minimum Gasteiger partial charge on any atom is -0.507 e. The predicted octanol–water partition coefficient (Wildman–Crippen LogP) is 2.07. The van der Waals surface area contributed by atoms with E-state index in [1.54, 1.807) is 0 Å². The number of anilines is 1. The number of aromatic hydroxyl groups is 1. The molecule has 0 aliphatic rings. The standard InChI is InChI=1S/C9H10BrClN2O4/c10-6-1-7(12-5(3-11)4-14)8(13(16)17)2-9(6)15/h1-2,5,12,14-15H,3-4H2. The highest BCUT2D eigenvalue weighted by Crippen LogP contribution is 2.35. The summed E-state index contributed by atoms with van der Waals surface area (Å²) in [5.41, 5.74) is -0.103. The average Bonchev–Trinajstić information content (AvgIpc) is 2.29. The van der Waals surface area contributed by atoms with E-state index in [0.29, 0.717) is 4.47 Å². The maximum absolute atomic E-state index is 10.8. The summed E-state index contributed by atoms with van der Waals surface area (Å²) in [6.07, 6.45) is 0. The summed E-state index contributed by atoms with van der Waals surface area (Å²) in [6, 6.07) is 1.89. The highest BCUT2D eigenvalue weighted by Gasteiger charge is 2.19. The van der Waals surface area contributed by atoms with Crippen molar-refractivity contribution in [1.29, 1.82) is 0 Å². The van der Waals surface area contributed by atoms with Crippen LogP contribution >= 0.6 is 27.5 Å². The Morgan fingerprint density at radius 3 is 2.71 bits per heavy atom. The van der Waals surface area contributed by atoms with E-state index in [9.17, 15) is 15.2 Å². The Balaban J connectivity index is 3.12. The first-order chi connectivity index (χ1) is 7.99. The van der Waals surface area contributed by atoms with Crippen LogP contribution in [0.3, 0.4) is 0 Å². The number of nitrogens with one attached hydrogen (secondary N) is 1. The van der Waals surface area contributed by atoms with Crippen molar-refractivity contribution in [3.63, 3.8) is 0 Å². The van der Waals surface area contributed by atoms with Gasteiger partial charge in [-0.05, 0) is 22.0 Å². The topological polar surface area (TPSA) is 95.6 Å². The van der Waals surface area contributed by atoms with Gasteiger partial charge >= 0.3 is 0 Å². The molecule has 0 aliphatic heterocycles. The number of nitro groups is 1. The minimum absolute atomic E-state index is 0.103. The molecule has 17 heavy (non-hydrogen) atoms. The molecule has 1 aromatic carbocycles. The second kappa shape index (κ2) is 6.04. The molecule has 1 rings (SSSR count). The number of phenolic OH excluding ortho intramolecular Hbond substituents is 1. The van der Waals surface area contributed by atoms with E-state index >= 15 is 0 Å². The fourth-order valence-corrected chi connectivity index (χ4v) is 1.69. The molecule has 0 fully saturated rings. The number of aliphatic hydroxyl groups excluding tert-OH is 1. The zero-order valence-electron chi connectivity index (χ0n) is 8.56. The Morgan fingerprint density at radius 1 is 1.59 bits per heavy atom. The van der Waals surface area contributed by atoms with E-state index in [2.05, 4.69) is 21.2 Å². The monoisotopic (exact) mass is 324 g/mol. The number of halogens is 2. The number of aliphatic hydroxyl groups is 1. The van der Waals surface area contributed by atoms with Crippen LogP contribution in [-0.2, 0) is 0 Å². The summed E-state index contributed by atoms with van der Waals surface area (Å²) < 4.78 is 0.317. The first-order valence-electron chi connectivity index (χ1n) is 4.59. The van der Waals surface area contributed by atoms with Crippen LogP contribution in [0.15, 0.2) is 16.6 Å². The zero-order chi connectivity index (χ0) is 13.0. The first-order valence-corrected chi connectivity index (χ1v) is 5.92. The molecule has 0 aromatic heterocycles. The number of benzene rings is 1. The molecule has 94 valence electrons. The zero-order valence-corrected chi connectivity index (χ0v) is 10.9. The van der Waals surface area contributed by atoms with Gasteiger partial charge in [0.25, 0.3) is 5.69 Å². The van der Waals surface area contributed by atoms with Crippen LogP contribution in [0, 0.1) is 10.1 Å². The van der Waals surface area contributed by atoms with Crippen molar-refractivity contribution in [2.75, 3.05) is 17.8 Å². The largest absolute Gasteiger partial charge is 0.507 e. The van der Waals surface area contributed by atoms with Crippen molar-refractivity contribution >= 4 is 38.9 Å². The number of nitrogens with zero attached hydrogens (tertiary/aromatic N) is 1. The fourth-order valence-electron chi connectivity index (χ4n) is 1.17. The number of phenols is 1. The predicted molar refractivity (Wildman–Crippen MR) is 67.7 cm³/mol. The molecule has 0 amide bonds. The van der Waals surface area contributed by atoms with Gasteiger partial charge in [-0.25, -0.2) is 0 Å². The molecule has 0 spiro atoms. The van der Waals surface area contributed by atoms with Gasteiger partial charge in [-0.2, -0.15) is 0 Å². The molecular formula is C9H10BrClN2O4. The van der Waals surface area contributed by atoms with Crippen LogP contribution in [0.25, 0.3) is 0 Å². The Labute approximate surface area is 110 Å². The number of hydrogen-bond donors (Lipinski definition) is 3. The van der Waals surface area contributed by atoms with Crippen molar-refractivity contribution < 1.29 is 15.1 Å². The third-order valence-electron chi connectivity index (χ3n) is 2.03. The van der Waals surface area contributed by atoms with Gasteiger partial charge in [-0.1, -0.05) is 0 Å². The van der Waals surface area contributed by atoms with E-state index in [1.807, 2.05) is 0 Å². The van der Waals surface area contributed by atoms with Gasteiger partial charge in [0.2, 0.25) is 0 Å². The normalized spacial score (nSPS) is 12.2. The highest BCUT2D eigenvalue weighted by atomic mass is 79.9. The van der Waals surface area contributed by atoms with Gasteiger partial charge < -0.3 is 15.5 Å². The third-order valence-corrected chi connectivity index (χ3v) is 3.04. The van der Waals surface area contributed by atoms with E-state index in [1.165, 1.54) is 6.07 Å². The van der Waals surface area contributed by atoms with E-state index in [-0.39, 0.29) is 29.6 Å². The van der Waals surface area contributed by atoms with Gasteiger partial charge in [-0.3, -0.25) is 10.1 Å². The van der Waals surface area contributed by atoms with Crippen LogP contribution in [0.5, 0.6) is 5.75 Å². The molecule has 1 unspecified atom stereocenters. The summed E-state index contributed by atoms with van der Waals surface area (Å²) >= 11 is 8.62. The third kappa shape index (κ3) is 3.45. The van der Waals surface area contributed by atoms with Gasteiger partial charge in [0.1, 0.15) is 11.4 Å². The molecule has 0 saturated heterocycles. The average molecular weight is 326 g/mol. The van der Waals surface area contributed by atoms with Crippen LogP contribution in [0.1, 0.15) is 0 Å². The van der Waals surface area contributed by atoms with Crippen molar-refractivity contribution in [2.24, 2.45) is 0 Å². The van der Waals surface area contributed by atoms with Crippen LogP contribution < -0.4 is 5.32 Å². The fraction of sp³-hybridized carbons (Fsp3) is 0.333. The van der Waals surface area contributed by atoms with Crippen LogP contribution in [0.4, 0.5) is 11.4 Å². The molecule has 0 saturated carbocycles. The summed E-state index contributed by atoms with van der Waals surface area (Å²) in [6.45, 7) is -0.251. The van der Waals surface area contributed by atoms with Gasteiger partial charge in [-0.15, -0.1) is 11.6 Å². The van der Waals surface area contributed by atoms with E-state index in [0.717, 1.165) is 6.07 Å². The summed E-state index contributed by atoms with van der Waals surface area (Å²) in [5.74, 6) is -0.125. The number of hydrogen-bond acceptors (Lipinski definition) is 5. The lowest BCUT2D eigenvalue weighted by atomic mass is 10.2. The lowest BCUT2D eigenvalue weighted by Crippen LogP contribution is -2.25. The molecule has 0 bridgehead atoms. The van der Waals surface area contributed by atoms with E-state index < -0.39 is 11.0 Å². The quantitative estimate of drug-likeness (QED) is 0.333.